The minimum Gasteiger partial charge on any atom is -0.382 e. The first-order valence-electron chi connectivity index (χ1n) is 7.29. The Bertz CT molecular complexity index is 565. The Labute approximate surface area is 134 Å². The number of thioether (sulfide) groups is 1. The molecule has 1 aliphatic rings. The van der Waals surface area contributed by atoms with Gasteiger partial charge in [0, 0.05) is 19.1 Å². The van der Waals surface area contributed by atoms with E-state index in [0.29, 0.717) is 5.16 Å². The van der Waals surface area contributed by atoms with E-state index in [1.807, 2.05) is 6.07 Å². The van der Waals surface area contributed by atoms with Crippen LogP contribution in [-0.2, 0) is 4.79 Å². The number of likely N-dealkylation sites (tertiary alicyclic amines) is 1. The quantitative estimate of drug-likeness (QED) is 0.605. The van der Waals surface area contributed by atoms with Crippen molar-refractivity contribution < 1.29 is 4.79 Å². The van der Waals surface area contributed by atoms with Gasteiger partial charge in [-0.25, -0.2) is 9.97 Å². The number of hydrogen-bond donors (Lipinski definition) is 2. The van der Waals surface area contributed by atoms with Crippen LogP contribution in [0.2, 0.25) is 0 Å². The van der Waals surface area contributed by atoms with Crippen molar-refractivity contribution in [2.75, 3.05) is 31.1 Å². The zero-order valence-corrected chi connectivity index (χ0v) is 13.4. The summed E-state index contributed by atoms with van der Waals surface area (Å²) < 4.78 is 0. The van der Waals surface area contributed by atoms with Crippen molar-refractivity contribution in [2.45, 2.75) is 31.0 Å². The Morgan fingerprint density at radius 1 is 1.59 bits per heavy atom. The van der Waals surface area contributed by atoms with E-state index in [9.17, 15) is 4.79 Å². The lowest BCUT2D eigenvalue weighted by Crippen LogP contribution is -2.45. The zero-order valence-electron chi connectivity index (χ0n) is 12.6. The van der Waals surface area contributed by atoms with E-state index >= 15 is 0 Å². The summed E-state index contributed by atoms with van der Waals surface area (Å²) in [6.07, 6.45) is 3.36. The fourth-order valence-electron chi connectivity index (χ4n) is 2.33. The number of amides is 1. The van der Waals surface area contributed by atoms with E-state index in [0.717, 1.165) is 32.5 Å². The smallest absolute Gasteiger partial charge is 0.230 e. The molecule has 0 unspecified atom stereocenters. The third-order valence-corrected chi connectivity index (χ3v) is 4.51. The van der Waals surface area contributed by atoms with Gasteiger partial charge in [0.05, 0.1) is 11.9 Å². The molecule has 0 aliphatic carbocycles. The number of nitrogens with zero attached hydrogens (tertiary/aromatic N) is 4. The molecule has 8 heteroatoms. The van der Waals surface area contributed by atoms with Crippen LogP contribution >= 0.6 is 11.8 Å². The lowest BCUT2D eigenvalue weighted by atomic mass is 10.1. The van der Waals surface area contributed by atoms with Crippen LogP contribution in [0.4, 0.5) is 5.82 Å². The van der Waals surface area contributed by atoms with E-state index in [-0.39, 0.29) is 29.1 Å². The lowest BCUT2D eigenvalue weighted by Gasteiger charge is -2.31. The number of nitrogens with two attached hydrogens (primary N) is 1. The number of nitrogen functional groups attached to an aromatic ring is 1. The molecule has 2 rings (SSSR count). The molecule has 0 saturated carbocycles. The van der Waals surface area contributed by atoms with Gasteiger partial charge in [0.15, 0.2) is 5.16 Å². The molecule has 7 nitrogen and oxygen atoms in total. The SMILES string of the molecule is CCN1CCC(NC(=O)CSc2ncc(C#N)c(N)n2)CC1. The molecular weight excluding hydrogens is 300 g/mol. The highest BCUT2D eigenvalue weighted by molar-refractivity contribution is 7.99. The van der Waals surface area contributed by atoms with Crippen LogP contribution in [0.25, 0.3) is 0 Å². The molecule has 0 aromatic carbocycles. The van der Waals surface area contributed by atoms with Gasteiger partial charge in [0.1, 0.15) is 17.5 Å². The highest BCUT2D eigenvalue weighted by Gasteiger charge is 2.19. The molecule has 1 aromatic rings. The third kappa shape index (κ3) is 4.58. The van der Waals surface area contributed by atoms with Gasteiger partial charge in [-0.05, 0) is 19.4 Å². The van der Waals surface area contributed by atoms with Crippen LogP contribution < -0.4 is 11.1 Å². The maximum Gasteiger partial charge on any atom is 0.230 e. The Morgan fingerprint density at radius 3 is 2.91 bits per heavy atom. The number of carbonyl (C=O) groups excluding carboxylic acids is 1. The van der Waals surface area contributed by atoms with Crippen LogP contribution in [0.5, 0.6) is 0 Å². The number of hydrogen-bond acceptors (Lipinski definition) is 7. The second-order valence-corrected chi connectivity index (χ2v) is 6.07. The number of nitriles is 1. The van der Waals surface area contributed by atoms with Crippen molar-refractivity contribution in [3.8, 4) is 6.07 Å². The summed E-state index contributed by atoms with van der Waals surface area (Å²) in [4.78, 5) is 22.4. The van der Waals surface area contributed by atoms with Gasteiger partial charge in [-0.15, -0.1) is 0 Å². The zero-order chi connectivity index (χ0) is 15.9. The van der Waals surface area contributed by atoms with Gasteiger partial charge in [-0.1, -0.05) is 18.7 Å². The van der Waals surface area contributed by atoms with E-state index in [4.69, 9.17) is 11.0 Å². The normalized spacial score (nSPS) is 16.2. The van der Waals surface area contributed by atoms with E-state index < -0.39 is 0 Å². The molecule has 1 fully saturated rings. The Morgan fingerprint density at radius 2 is 2.32 bits per heavy atom. The van der Waals surface area contributed by atoms with Gasteiger partial charge in [0.2, 0.25) is 5.91 Å². The summed E-state index contributed by atoms with van der Waals surface area (Å²) in [5.74, 6) is 0.373. The van der Waals surface area contributed by atoms with E-state index in [2.05, 4.69) is 27.1 Å². The molecule has 1 aliphatic heterocycles. The number of nitrogens with one attached hydrogen (secondary N) is 1. The number of aromatic nitrogens is 2. The van der Waals surface area contributed by atoms with Crippen molar-refractivity contribution >= 4 is 23.5 Å². The summed E-state index contributed by atoms with van der Waals surface area (Å²) in [6.45, 7) is 5.28. The second-order valence-electron chi connectivity index (χ2n) is 5.13. The number of anilines is 1. The van der Waals surface area contributed by atoms with Crippen LogP contribution in [0, 0.1) is 11.3 Å². The topological polar surface area (TPSA) is 108 Å². The van der Waals surface area contributed by atoms with Gasteiger partial charge >= 0.3 is 0 Å². The highest BCUT2D eigenvalue weighted by atomic mass is 32.2. The molecule has 0 radical (unpaired) electrons. The first-order chi connectivity index (χ1) is 10.6. The van der Waals surface area contributed by atoms with Crippen molar-refractivity contribution in [1.82, 2.24) is 20.2 Å². The summed E-state index contributed by atoms with van der Waals surface area (Å²) >= 11 is 1.22. The minimum atomic E-state index is -0.0218. The molecule has 0 atom stereocenters. The highest BCUT2D eigenvalue weighted by Crippen LogP contribution is 2.16. The predicted molar refractivity (Wildman–Crippen MR) is 85.2 cm³/mol. The van der Waals surface area contributed by atoms with Gasteiger partial charge in [-0.3, -0.25) is 4.79 Å². The fourth-order valence-corrected chi connectivity index (χ4v) is 2.96. The minimum absolute atomic E-state index is 0.0218. The number of carbonyl (C=O) groups is 1. The number of rotatable bonds is 5. The van der Waals surface area contributed by atoms with Gasteiger partial charge in [-0.2, -0.15) is 5.26 Å². The molecule has 22 heavy (non-hydrogen) atoms. The van der Waals surface area contributed by atoms with Crippen molar-refractivity contribution in [1.29, 1.82) is 5.26 Å². The summed E-state index contributed by atoms with van der Waals surface area (Å²) in [6, 6.07) is 2.16. The Hall–Kier alpha value is -1.85. The number of piperidine rings is 1. The predicted octanol–water partition coefficient (Wildman–Crippen LogP) is 0.623. The van der Waals surface area contributed by atoms with Crippen LogP contribution in [0.3, 0.4) is 0 Å². The summed E-state index contributed by atoms with van der Waals surface area (Å²) in [7, 11) is 0. The first kappa shape index (κ1) is 16.5. The molecule has 1 aromatic heterocycles. The summed E-state index contributed by atoms with van der Waals surface area (Å²) in [5, 5.41) is 12.2. The van der Waals surface area contributed by atoms with Crippen molar-refractivity contribution in [3.05, 3.63) is 11.8 Å². The van der Waals surface area contributed by atoms with E-state index in [1.54, 1.807) is 0 Å². The molecule has 0 spiro atoms. The second kappa shape index (κ2) is 7.96. The molecule has 3 N–H and O–H groups in total. The van der Waals surface area contributed by atoms with Gasteiger partial charge < -0.3 is 16.0 Å². The maximum absolute atomic E-state index is 12.0. The van der Waals surface area contributed by atoms with Crippen LogP contribution in [0.1, 0.15) is 25.3 Å². The molecule has 2 heterocycles. The molecule has 118 valence electrons. The average molecular weight is 320 g/mol. The standard InChI is InChI=1S/C14H20N6OS/c1-2-20-5-3-11(4-6-20)18-12(21)9-22-14-17-8-10(7-15)13(16)19-14/h8,11H,2-6,9H2,1H3,(H,18,21)(H2,16,17,19). The average Bonchev–Trinajstić information content (AvgIpc) is 2.54. The van der Waals surface area contributed by atoms with Crippen molar-refractivity contribution in [3.63, 3.8) is 0 Å². The molecule has 0 bridgehead atoms. The first-order valence-corrected chi connectivity index (χ1v) is 8.28. The lowest BCUT2D eigenvalue weighted by molar-refractivity contribution is -0.119. The summed E-state index contributed by atoms with van der Waals surface area (Å²) in [5.41, 5.74) is 5.87. The maximum atomic E-state index is 12.0. The van der Waals surface area contributed by atoms with Crippen LogP contribution in [-0.4, -0.2) is 52.2 Å². The molecular formula is C14H20N6OS. The Kier molecular flexibility index (Phi) is 5.98. The monoisotopic (exact) mass is 320 g/mol. The van der Waals surface area contributed by atoms with Crippen LogP contribution in [0.15, 0.2) is 11.4 Å². The largest absolute Gasteiger partial charge is 0.382 e. The van der Waals surface area contributed by atoms with E-state index in [1.165, 1.54) is 18.0 Å². The van der Waals surface area contributed by atoms with Gasteiger partial charge in [0.25, 0.3) is 0 Å². The molecule has 1 amide bonds. The fraction of sp³-hybridized carbons (Fsp3) is 0.571. The van der Waals surface area contributed by atoms with Crippen molar-refractivity contribution in [2.24, 2.45) is 0 Å². The third-order valence-electron chi connectivity index (χ3n) is 3.65. The Balaban J connectivity index is 1.76. The molecule has 1 saturated heterocycles.